The molecule has 1 spiro atoms. The Kier molecular flexibility index (Phi) is 5.89. The van der Waals surface area contributed by atoms with Crippen LogP contribution < -0.4 is 4.90 Å². The lowest BCUT2D eigenvalue weighted by Crippen LogP contribution is -2.44. The number of fused-ring (bicyclic) bond motifs is 7. The molecule has 0 unspecified atom stereocenters. The molecule has 4 heterocycles. The highest BCUT2D eigenvalue weighted by atomic mass is 28.3. The summed E-state index contributed by atoms with van der Waals surface area (Å²) in [5.74, 6) is 0.247. The second-order valence-electron chi connectivity index (χ2n) is 11.9. The maximum Gasteiger partial charge on any atom is 0.237 e. The van der Waals surface area contributed by atoms with Crippen LogP contribution in [0.3, 0.4) is 0 Å². The van der Waals surface area contributed by atoms with Crippen LogP contribution in [0.15, 0.2) is 18.3 Å². The monoisotopic (exact) mass is 506 g/mol. The molecule has 1 saturated heterocycles. The van der Waals surface area contributed by atoms with Crippen molar-refractivity contribution in [2.45, 2.75) is 76.9 Å². The molecule has 0 radical (unpaired) electrons. The van der Waals surface area contributed by atoms with Gasteiger partial charge in [-0.05, 0) is 73.9 Å². The van der Waals surface area contributed by atoms with Crippen molar-refractivity contribution >= 4 is 30.6 Å². The Balaban J connectivity index is 1.37. The van der Waals surface area contributed by atoms with E-state index in [4.69, 9.17) is 14.6 Å². The molecule has 36 heavy (non-hydrogen) atoms. The molecule has 1 aromatic carbocycles. The van der Waals surface area contributed by atoms with E-state index in [9.17, 15) is 4.79 Å². The molecular formula is C28H38N4O3Si. The summed E-state index contributed by atoms with van der Waals surface area (Å²) >= 11 is 0. The summed E-state index contributed by atoms with van der Waals surface area (Å²) in [6.45, 7) is 12.5. The summed E-state index contributed by atoms with van der Waals surface area (Å²) in [6, 6.07) is 5.69. The van der Waals surface area contributed by atoms with E-state index >= 15 is 0 Å². The Bertz CT molecular complexity index is 1310. The number of benzene rings is 1. The molecule has 1 fully saturated rings. The van der Waals surface area contributed by atoms with E-state index in [1.165, 1.54) is 22.1 Å². The number of nitrogens with zero attached hydrogens (tertiary/aromatic N) is 3. The molecule has 2 aromatic heterocycles. The van der Waals surface area contributed by atoms with E-state index < -0.39 is 13.5 Å². The number of aromatic amines is 1. The van der Waals surface area contributed by atoms with E-state index in [1.807, 2.05) is 9.58 Å². The van der Waals surface area contributed by atoms with Gasteiger partial charge in [0.2, 0.25) is 5.91 Å². The Labute approximate surface area is 214 Å². The van der Waals surface area contributed by atoms with Gasteiger partial charge in [-0.1, -0.05) is 19.6 Å². The quantitative estimate of drug-likeness (QED) is 0.366. The Hall–Kier alpha value is -2.42. The van der Waals surface area contributed by atoms with Gasteiger partial charge in [0, 0.05) is 57.2 Å². The van der Waals surface area contributed by atoms with Gasteiger partial charge in [-0.2, -0.15) is 5.10 Å². The highest BCUT2D eigenvalue weighted by Crippen LogP contribution is 2.50. The maximum atomic E-state index is 13.6. The molecule has 6 rings (SSSR count). The third-order valence-corrected chi connectivity index (χ3v) is 10.0. The van der Waals surface area contributed by atoms with Crippen molar-refractivity contribution in [2.75, 3.05) is 31.3 Å². The van der Waals surface area contributed by atoms with E-state index in [1.54, 1.807) is 0 Å². The first-order valence-electron chi connectivity index (χ1n) is 13.5. The van der Waals surface area contributed by atoms with Crippen LogP contribution in [-0.4, -0.2) is 55.1 Å². The Morgan fingerprint density at radius 3 is 2.75 bits per heavy atom. The summed E-state index contributed by atoms with van der Waals surface area (Å²) < 4.78 is 13.6. The molecule has 3 aromatic rings. The average Bonchev–Trinajstić information content (AvgIpc) is 3.44. The standard InChI is InChI=1S/C28H38N4O3Si/c1-5-32-24-15-21-20-8-6-7-19-17-31(18-35-13-14-36(2,3)4)30-25(19)26(20)29-23(21)16-22(24)28(27(32)33)9-11-34-12-10-28/h15-17,29H,5-14,18H2,1-4H3. The van der Waals surface area contributed by atoms with Crippen molar-refractivity contribution in [3.05, 3.63) is 35.0 Å². The topological polar surface area (TPSA) is 72.4 Å². The fraction of sp³-hybridized carbons (Fsp3) is 0.571. The minimum atomic E-state index is -1.10. The second-order valence-corrected chi connectivity index (χ2v) is 17.5. The van der Waals surface area contributed by atoms with Gasteiger partial charge in [0.05, 0.1) is 11.1 Å². The molecule has 0 atom stereocenters. The van der Waals surface area contributed by atoms with Crippen LogP contribution >= 0.6 is 0 Å². The number of amides is 1. The zero-order valence-electron chi connectivity index (χ0n) is 22.1. The molecule has 1 N–H and O–H groups in total. The molecule has 1 amide bonds. The van der Waals surface area contributed by atoms with Gasteiger partial charge < -0.3 is 19.4 Å². The molecule has 8 heteroatoms. The molecule has 2 aliphatic heterocycles. The normalized spacial score (nSPS) is 19.0. The highest BCUT2D eigenvalue weighted by molar-refractivity contribution is 6.76. The lowest BCUT2D eigenvalue weighted by atomic mass is 9.75. The van der Waals surface area contributed by atoms with Crippen molar-refractivity contribution in [3.63, 3.8) is 0 Å². The van der Waals surface area contributed by atoms with Gasteiger partial charge in [-0.25, -0.2) is 4.68 Å². The molecule has 0 bridgehead atoms. The first kappa shape index (κ1) is 23.9. The van der Waals surface area contributed by atoms with Crippen molar-refractivity contribution in [1.82, 2.24) is 14.8 Å². The van der Waals surface area contributed by atoms with Crippen molar-refractivity contribution in [3.8, 4) is 11.4 Å². The number of hydrogen-bond donors (Lipinski definition) is 1. The van der Waals surface area contributed by atoms with Crippen molar-refractivity contribution in [1.29, 1.82) is 0 Å². The van der Waals surface area contributed by atoms with E-state index in [-0.39, 0.29) is 5.91 Å². The van der Waals surface area contributed by atoms with Crippen LogP contribution in [0.1, 0.15) is 42.9 Å². The molecule has 0 saturated carbocycles. The van der Waals surface area contributed by atoms with Crippen LogP contribution in [0.4, 0.5) is 5.69 Å². The number of H-pyrrole nitrogens is 1. The minimum absolute atomic E-state index is 0.247. The first-order valence-corrected chi connectivity index (χ1v) is 17.2. The third kappa shape index (κ3) is 3.85. The Morgan fingerprint density at radius 1 is 1.19 bits per heavy atom. The van der Waals surface area contributed by atoms with E-state index in [0.717, 1.165) is 67.3 Å². The summed E-state index contributed by atoms with van der Waals surface area (Å²) in [5, 5.41) is 6.21. The number of aromatic nitrogens is 3. The number of ether oxygens (including phenoxy) is 2. The average molecular weight is 507 g/mol. The predicted octanol–water partition coefficient (Wildman–Crippen LogP) is 5.25. The van der Waals surface area contributed by atoms with Gasteiger partial charge in [0.1, 0.15) is 12.4 Å². The SMILES string of the molecule is CCN1C(=O)C2(CCOCC2)c2cc3[nH]c4c(c3cc21)CCCc1cn(COCC[Si](C)(C)C)nc1-4. The lowest BCUT2D eigenvalue weighted by Gasteiger charge is -2.32. The number of carbonyl (C=O) groups excluding carboxylic acids is 1. The second kappa shape index (κ2) is 8.85. The minimum Gasteiger partial charge on any atom is -0.381 e. The van der Waals surface area contributed by atoms with Crippen molar-refractivity contribution < 1.29 is 14.3 Å². The van der Waals surface area contributed by atoms with Gasteiger partial charge in [0.25, 0.3) is 0 Å². The zero-order chi connectivity index (χ0) is 25.1. The summed E-state index contributed by atoms with van der Waals surface area (Å²) in [4.78, 5) is 19.3. The fourth-order valence-corrected chi connectivity index (χ4v) is 7.03. The number of carbonyl (C=O) groups is 1. The van der Waals surface area contributed by atoms with E-state index in [0.29, 0.717) is 26.5 Å². The zero-order valence-corrected chi connectivity index (χ0v) is 23.1. The first-order chi connectivity index (χ1) is 17.3. The van der Waals surface area contributed by atoms with Gasteiger partial charge in [-0.15, -0.1) is 0 Å². The number of hydrogen-bond acceptors (Lipinski definition) is 4. The summed E-state index contributed by atoms with van der Waals surface area (Å²) in [6.07, 6.45) is 6.79. The summed E-state index contributed by atoms with van der Waals surface area (Å²) in [5.41, 5.74) is 7.73. The number of aryl methyl sites for hydroxylation is 2. The number of rotatable bonds is 6. The molecule has 3 aliphatic rings. The lowest BCUT2D eigenvalue weighted by molar-refractivity contribution is -0.126. The molecule has 192 valence electrons. The number of likely N-dealkylation sites (N-methyl/N-ethyl adjacent to an activating group) is 1. The maximum absolute atomic E-state index is 13.6. The highest BCUT2D eigenvalue weighted by Gasteiger charge is 2.51. The molecule has 7 nitrogen and oxygen atoms in total. The summed E-state index contributed by atoms with van der Waals surface area (Å²) in [7, 11) is -1.10. The van der Waals surface area contributed by atoms with Crippen LogP contribution in [0, 0.1) is 0 Å². The smallest absolute Gasteiger partial charge is 0.237 e. The van der Waals surface area contributed by atoms with Crippen molar-refractivity contribution in [2.24, 2.45) is 0 Å². The fourth-order valence-electron chi connectivity index (χ4n) is 6.27. The van der Waals surface area contributed by atoms with Crippen LogP contribution in [0.5, 0.6) is 0 Å². The third-order valence-electron chi connectivity index (χ3n) is 8.31. The van der Waals surface area contributed by atoms with Gasteiger partial charge >= 0.3 is 0 Å². The van der Waals surface area contributed by atoms with Crippen LogP contribution in [-0.2, 0) is 39.3 Å². The number of anilines is 1. The van der Waals surface area contributed by atoms with Gasteiger partial charge in [0.15, 0.2) is 0 Å². The van der Waals surface area contributed by atoms with E-state index in [2.05, 4.69) is 49.9 Å². The Morgan fingerprint density at radius 2 is 2.00 bits per heavy atom. The van der Waals surface area contributed by atoms with Gasteiger partial charge in [-0.3, -0.25) is 4.79 Å². The molecular weight excluding hydrogens is 468 g/mol. The van der Waals surface area contributed by atoms with Crippen LogP contribution in [0.25, 0.3) is 22.3 Å². The number of nitrogens with one attached hydrogen (secondary N) is 1. The predicted molar refractivity (Wildman–Crippen MR) is 145 cm³/mol. The van der Waals surface area contributed by atoms with Crippen LogP contribution in [0.2, 0.25) is 25.7 Å². The molecule has 1 aliphatic carbocycles. The largest absolute Gasteiger partial charge is 0.381 e.